The third-order valence-electron chi connectivity index (χ3n) is 20.7. The number of pyridine rings is 4. The molecule has 4 aliphatic rings. The normalized spacial score (nSPS) is 13.9. The fourth-order valence-electron chi connectivity index (χ4n) is 13.2. The number of nitrogen functional groups attached to an aromatic ring is 1. The molecule has 8 aromatic rings. The number of nitrogens with two attached hydrogens (primary N) is 1. The molecular formula is C85H101ClFN13O9. The zero-order chi connectivity index (χ0) is 78.3. The number of carbonyl (C=O) groups excluding carboxylic acids is 8. The molecule has 2 N–H and O–H groups in total. The minimum absolute atomic E-state index is 0.0411. The van der Waals surface area contributed by atoms with E-state index < -0.39 is 5.95 Å². The highest BCUT2D eigenvalue weighted by molar-refractivity contribution is 6.30. The lowest BCUT2D eigenvalue weighted by atomic mass is 9.90. The zero-order valence-corrected chi connectivity index (χ0v) is 64.7. The van der Waals surface area contributed by atoms with Crippen molar-refractivity contribution in [2.45, 2.75) is 128 Å². The van der Waals surface area contributed by atoms with Gasteiger partial charge in [0.15, 0.2) is 0 Å². The minimum Gasteiger partial charge on any atom is -0.481 e. The summed E-state index contributed by atoms with van der Waals surface area (Å²) in [6.45, 7) is 13.2. The number of hydrogen-bond donors (Lipinski definition) is 1. The Morgan fingerprint density at radius 1 is 0.394 bits per heavy atom. The van der Waals surface area contributed by atoms with Crippen molar-refractivity contribution in [3.8, 4) is 5.88 Å². The Balaban J connectivity index is 0.000000167. The SMILES string of the molecule is CCC(=O)N(C)c1ccc(C2CN(C(=O)CCc3cccnc3Cl)C2)cc1.CCC(=O)N(C)c1ccc(C2CN(C(=O)CCc3cccnc3F)C2)cc1.CCC(=O)N(C)c1ccc(C2CN(C(=O)CCc3cccnc3N)C2)cc1.CCC(=O)N(C)c1ccc(C2CN(C(=O)CCc3cccnc3OC)C2)cc1. The van der Waals surface area contributed by atoms with E-state index in [1.807, 2.05) is 139 Å². The van der Waals surface area contributed by atoms with Crippen molar-refractivity contribution in [2.24, 2.45) is 0 Å². The van der Waals surface area contributed by atoms with Gasteiger partial charge in [0.25, 0.3) is 0 Å². The highest BCUT2D eigenvalue weighted by Crippen LogP contribution is 2.34. The molecule has 0 atom stereocenters. The third-order valence-corrected chi connectivity index (χ3v) is 21.1. The summed E-state index contributed by atoms with van der Waals surface area (Å²) < 4.78 is 18.8. The van der Waals surface area contributed by atoms with Gasteiger partial charge in [-0.3, -0.25) is 38.4 Å². The van der Waals surface area contributed by atoms with E-state index in [1.165, 1.54) is 28.5 Å². The molecule has 22 nitrogen and oxygen atoms in total. The van der Waals surface area contributed by atoms with Crippen molar-refractivity contribution in [3.63, 3.8) is 0 Å². The predicted molar refractivity (Wildman–Crippen MR) is 424 cm³/mol. The quantitative estimate of drug-likeness (QED) is 0.0523. The Morgan fingerprint density at radius 3 is 0.963 bits per heavy atom. The second-order valence-electron chi connectivity index (χ2n) is 27.7. The average Bonchev–Trinajstić information content (AvgIpc) is 0.818. The number of halogens is 2. The lowest BCUT2D eigenvalue weighted by Gasteiger charge is -2.40. The lowest BCUT2D eigenvalue weighted by molar-refractivity contribution is -0.136. The number of carbonyl (C=O) groups is 8. The number of methoxy groups -OCH3 is 1. The van der Waals surface area contributed by atoms with Crippen LogP contribution in [0.25, 0.3) is 0 Å². The lowest BCUT2D eigenvalue weighted by Crippen LogP contribution is -2.48. The Bertz CT molecular complexity index is 4070. The number of aromatic nitrogens is 4. The molecule has 4 aromatic heterocycles. The molecule has 0 bridgehead atoms. The monoisotopic (exact) mass is 1500 g/mol. The van der Waals surface area contributed by atoms with Crippen LogP contribution in [0.5, 0.6) is 5.88 Å². The van der Waals surface area contributed by atoms with Crippen LogP contribution in [-0.4, -0.2) is 174 Å². The number of amides is 8. The van der Waals surface area contributed by atoms with Crippen molar-refractivity contribution < 1.29 is 47.5 Å². The standard InChI is InChI=1S/C22H27N3O3.C21H24ClN3O2.C21H24FN3O2.C21H26N4O2/c1-4-20(26)24(2)19-10-7-16(8-11-19)18-14-25(15-18)21(27)12-9-17-6-5-13-23-22(17)28-3;3*1-3-19(26)24(2)18-9-6-15(7-10-18)17-13-25(14-17)20(27)11-8-16-5-4-12-23-21(16)22/h5-8,10-11,13,18H,4,9,12,14-15H2,1-3H3;2*4-7,9-10,12,17H,3,8,11,13-14H2,1-2H3;4-7,9-10,12,17H,3,8,11,13-14H2,1-2H3,(H2,22,23). The topological polar surface area (TPSA) is 249 Å². The number of anilines is 5. The zero-order valence-electron chi connectivity index (χ0n) is 64.0. The van der Waals surface area contributed by atoms with Crippen LogP contribution in [0.2, 0.25) is 5.15 Å². The van der Waals surface area contributed by atoms with Gasteiger partial charge >= 0.3 is 0 Å². The van der Waals surface area contributed by atoms with Crippen LogP contribution in [0.4, 0.5) is 33.0 Å². The second kappa shape index (κ2) is 39.8. The number of ether oxygens (including phenoxy) is 1. The molecular weight excluding hydrogens is 1400 g/mol. The molecule has 24 heteroatoms. The summed E-state index contributed by atoms with van der Waals surface area (Å²) in [7, 11) is 8.74. The summed E-state index contributed by atoms with van der Waals surface area (Å²) in [6.07, 6.45) is 12.2. The van der Waals surface area contributed by atoms with Crippen LogP contribution in [0.1, 0.15) is 147 Å². The number of aryl methyl sites for hydroxylation is 4. The van der Waals surface area contributed by atoms with Crippen molar-refractivity contribution >= 4 is 87.4 Å². The van der Waals surface area contributed by atoms with E-state index in [1.54, 1.807) is 90.5 Å². The summed E-state index contributed by atoms with van der Waals surface area (Å²) in [6, 6.07) is 46.7. The minimum atomic E-state index is -0.501. The van der Waals surface area contributed by atoms with Gasteiger partial charge in [0.2, 0.25) is 59.1 Å². The van der Waals surface area contributed by atoms with E-state index in [9.17, 15) is 42.7 Å². The molecule has 0 aliphatic carbocycles. The molecule has 4 aromatic carbocycles. The van der Waals surface area contributed by atoms with Gasteiger partial charge in [0.05, 0.1) is 7.11 Å². The van der Waals surface area contributed by atoms with Gasteiger partial charge < -0.3 is 49.7 Å². The first-order valence-electron chi connectivity index (χ1n) is 37.4. The van der Waals surface area contributed by atoms with Gasteiger partial charge in [-0.15, -0.1) is 0 Å². The van der Waals surface area contributed by atoms with E-state index in [0.717, 1.165) is 78.7 Å². The van der Waals surface area contributed by atoms with Crippen LogP contribution in [0.3, 0.4) is 0 Å². The highest BCUT2D eigenvalue weighted by Gasteiger charge is 2.35. The van der Waals surface area contributed by atoms with E-state index in [-0.39, 0.29) is 53.7 Å². The Morgan fingerprint density at radius 2 is 0.661 bits per heavy atom. The van der Waals surface area contributed by atoms with Crippen molar-refractivity contribution in [1.82, 2.24) is 39.5 Å². The number of benzene rings is 4. The van der Waals surface area contributed by atoms with E-state index in [0.29, 0.717) is 130 Å². The molecule has 0 spiro atoms. The average molecular weight is 1500 g/mol. The van der Waals surface area contributed by atoms with Crippen LogP contribution in [0, 0.1) is 5.95 Å². The summed E-state index contributed by atoms with van der Waals surface area (Å²) in [5.74, 6) is 2.84. The van der Waals surface area contributed by atoms with Crippen LogP contribution >= 0.6 is 11.6 Å². The summed E-state index contributed by atoms with van der Waals surface area (Å²) in [5, 5.41) is 0.471. The first-order valence-corrected chi connectivity index (χ1v) is 37.8. The first kappa shape index (κ1) is 82.1. The Labute approximate surface area is 644 Å². The first-order chi connectivity index (χ1) is 52.5. The van der Waals surface area contributed by atoms with Crippen molar-refractivity contribution in [1.29, 1.82) is 0 Å². The van der Waals surface area contributed by atoms with E-state index >= 15 is 0 Å². The fraction of sp³-hybridized carbons (Fsp3) is 0.388. The van der Waals surface area contributed by atoms with Crippen molar-refractivity contribution in [3.05, 3.63) is 226 Å². The molecule has 0 unspecified atom stereocenters. The maximum absolute atomic E-state index is 13.5. The van der Waals surface area contributed by atoms with Gasteiger partial charge in [-0.1, -0.05) is 112 Å². The van der Waals surface area contributed by atoms with Crippen LogP contribution < -0.4 is 30.1 Å². The van der Waals surface area contributed by atoms with E-state index in [4.69, 9.17) is 22.1 Å². The highest BCUT2D eigenvalue weighted by atomic mass is 35.5. The molecule has 4 saturated heterocycles. The smallest absolute Gasteiger partial charge is 0.226 e. The Hall–Kier alpha value is -10.9. The predicted octanol–water partition coefficient (Wildman–Crippen LogP) is 12.4. The van der Waals surface area contributed by atoms with Gasteiger partial charge in [-0.05, 0) is 132 Å². The largest absolute Gasteiger partial charge is 0.481 e. The van der Waals surface area contributed by atoms with Gasteiger partial charge in [-0.2, -0.15) is 4.39 Å². The maximum atomic E-state index is 13.5. The third kappa shape index (κ3) is 22.1. The number of rotatable bonds is 25. The number of likely N-dealkylation sites (tertiary alicyclic amines) is 4. The molecule has 0 radical (unpaired) electrons. The molecule has 12 rings (SSSR count). The summed E-state index contributed by atoms with van der Waals surface area (Å²) in [5.41, 5.74) is 17.4. The summed E-state index contributed by atoms with van der Waals surface area (Å²) in [4.78, 5) is 127. The molecule has 0 saturated carbocycles. The molecule has 109 heavy (non-hydrogen) atoms. The fourth-order valence-corrected chi connectivity index (χ4v) is 13.5. The van der Waals surface area contributed by atoms with Gasteiger partial charge in [0.1, 0.15) is 11.0 Å². The van der Waals surface area contributed by atoms with Gasteiger partial charge in [0, 0.05) is 214 Å². The van der Waals surface area contributed by atoms with Crippen LogP contribution in [-0.2, 0) is 64.0 Å². The number of hydrogen-bond acceptors (Lipinski definition) is 14. The van der Waals surface area contributed by atoms with Gasteiger partial charge in [-0.25, -0.2) is 19.9 Å². The maximum Gasteiger partial charge on any atom is 0.226 e. The molecule has 8 amide bonds. The van der Waals surface area contributed by atoms with Crippen LogP contribution in [0.15, 0.2) is 170 Å². The second-order valence-corrected chi connectivity index (χ2v) is 28.1. The van der Waals surface area contributed by atoms with E-state index in [2.05, 4.69) is 56.3 Å². The number of nitrogens with zero attached hydrogens (tertiary/aromatic N) is 12. The molecule has 4 fully saturated rings. The van der Waals surface area contributed by atoms with Crippen molar-refractivity contribution in [2.75, 3.05) is 113 Å². The molecule has 8 heterocycles. The molecule has 4 aliphatic heterocycles. The molecule has 574 valence electrons. The summed E-state index contributed by atoms with van der Waals surface area (Å²) >= 11 is 6.04. The Kier molecular flexibility index (Phi) is 30.0.